The van der Waals surface area contributed by atoms with E-state index in [1.54, 1.807) is 31.2 Å². The summed E-state index contributed by atoms with van der Waals surface area (Å²) in [4.78, 5) is 28.2. The zero-order valence-corrected chi connectivity index (χ0v) is 14.7. The summed E-state index contributed by atoms with van der Waals surface area (Å²) in [5.41, 5.74) is 1.08. The lowest BCUT2D eigenvalue weighted by atomic mass is 10.0. The second kappa shape index (κ2) is 6.64. The highest BCUT2D eigenvalue weighted by molar-refractivity contribution is 6.07. The van der Waals surface area contributed by atoms with Gasteiger partial charge in [-0.25, -0.2) is 8.78 Å². The Bertz CT molecular complexity index is 931. The fraction of sp³-hybridized carbons (Fsp3) is 0.300. The van der Waals surface area contributed by atoms with Crippen molar-refractivity contribution in [3.8, 4) is 5.75 Å². The Kier molecular flexibility index (Phi) is 4.30. The highest BCUT2D eigenvalue weighted by atomic mass is 19.1. The van der Waals surface area contributed by atoms with Crippen LogP contribution in [0.1, 0.15) is 18.9 Å². The number of amides is 2. The number of benzene rings is 2. The minimum absolute atomic E-state index is 0.106. The van der Waals surface area contributed by atoms with E-state index < -0.39 is 23.6 Å². The number of hydrogen-bond acceptors (Lipinski definition) is 3. The zero-order chi connectivity index (χ0) is 19.1. The van der Waals surface area contributed by atoms with E-state index >= 15 is 0 Å². The number of halogens is 2. The van der Waals surface area contributed by atoms with Crippen molar-refractivity contribution in [1.82, 2.24) is 0 Å². The monoisotopic (exact) mass is 372 g/mol. The molecule has 27 heavy (non-hydrogen) atoms. The standard InChI is InChI=1S/C20H18F2N2O3/c1-12-20(26)24(16-6-2-3-7-17(16)27-12)11-18(25)23-8-4-5-13-9-14(21)10-15(22)19(13)23/h2-3,6-7,9-10,12H,4-5,8,11H2,1H3/t12-/m0/s1. The van der Waals surface area contributed by atoms with Gasteiger partial charge >= 0.3 is 0 Å². The van der Waals surface area contributed by atoms with E-state index in [1.165, 1.54) is 15.9 Å². The first-order valence-corrected chi connectivity index (χ1v) is 8.81. The van der Waals surface area contributed by atoms with Gasteiger partial charge < -0.3 is 9.64 Å². The van der Waals surface area contributed by atoms with Gasteiger partial charge in [-0.1, -0.05) is 12.1 Å². The van der Waals surface area contributed by atoms with Gasteiger partial charge in [-0.2, -0.15) is 0 Å². The Morgan fingerprint density at radius 1 is 1.26 bits per heavy atom. The molecule has 0 saturated heterocycles. The quantitative estimate of drug-likeness (QED) is 0.814. The van der Waals surface area contributed by atoms with Crippen LogP contribution in [0.2, 0.25) is 0 Å². The summed E-state index contributed by atoms with van der Waals surface area (Å²) in [6.07, 6.45) is 0.391. The van der Waals surface area contributed by atoms with E-state index in [1.807, 2.05) is 0 Å². The maximum absolute atomic E-state index is 14.4. The Balaban J connectivity index is 1.65. The third kappa shape index (κ3) is 3.03. The summed E-state index contributed by atoms with van der Waals surface area (Å²) in [5, 5.41) is 0. The number of rotatable bonds is 2. The smallest absolute Gasteiger partial charge is 0.268 e. The lowest BCUT2D eigenvalue weighted by molar-refractivity contribution is -0.127. The molecule has 2 aromatic rings. The molecule has 0 fully saturated rings. The van der Waals surface area contributed by atoms with Crippen LogP contribution in [0.25, 0.3) is 0 Å². The van der Waals surface area contributed by atoms with Gasteiger partial charge in [0.15, 0.2) is 6.10 Å². The fourth-order valence-electron chi connectivity index (χ4n) is 3.64. The second-order valence-electron chi connectivity index (χ2n) is 6.70. The van der Waals surface area contributed by atoms with Gasteiger partial charge in [-0.05, 0) is 43.5 Å². The average Bonchev–Trinajstić information content (AvgIpc) is 2.64. The van der Waals surface area contributed by atoms with Crippen molar-refractivity contribution in [2.45, 2.75) is 25.9 Å². The molecule has 0 radical (unpaired) electrons. The number of anilines is 2. The molecule has 140 valence electrons. The van der Waals surface area contributed by atoms with Crippen LogP contribution in [0.15, 0.2) is 36.4 Å². The van der Waals surface area contributed by atoms with E-state index in [-0.39, 0.29) is 18.1 Å². The molecule has 2 heterocycles. The van der Waals surface area contributed by atoms with E-state index in [9.17, 15) is 18.4 Å². The molecule has 1 atom stereocenters. The lowest BCUT2D eigenvalue weighted by Crippen LogP contribution is -2.50. The molecular formula is C20H18F2N2O3. The predicted octanol–water partition coefficient (Wildman–Crippen LogP) is 3.06. The molecule has 2 amide bonds. The third-order valence-electron chi connectivity index (χ3n) is 4.87. The van der Waals surface area contributed by atoms with Crippen LogP contribution in [-0.4, -0.2) is 31.0 Å². The van der Waals surface area contributed by atoms with E-state index in [0.29, 0.717) is 36.4 Å². The van der Waals surface area contributed by atoms with Crippen LogP contribution in [0.4, 0.5) is 20.2 Å². The van der Waals surface area contributed by atoms with Crippen LogP contribution in [-0.2, 0) is 16.0 Å². The molecule has 0 aromatic heterocycles. The first kappa shape index (κ1) is 17.5. The van der Waals surface area contributed by atoms with E-state index in [2.05, 4.69) is 0 Å². The predicted molar refractivity (Wildman–Crippen MR) is 95.9 cm³/mol. The maximum Gasteiger partial charge on any atom is 0.268 e. The molecule has 0 bridgehead atoms. The van der Waals surface area contributed by atoms with Gasteiger partial charge in [0.25, 0.3) is 5.91 Å². The summed E-state index contributed by atoms with van der Waals surface area (Å²) in [7, 11) is 0. The van der Waals surface area contributed by atoms with Gasteiger partial charge in [0.05, 0.1) is 11.4 Å². The zero-order valence-electron chi connectivity index (χ0n) is 14.7. The van der Waals surface area contributed by atoms with Crippen LogP contribution in [0.3, 0.4) is 0 Å². The Labute approximate surface area is 155 Å². The van der Waals surface area contributed by atoms with Crippen molar-refractivity contribution < 1.29 is 23.1 Å². The number of hydrogen-bond donors (Lipinski definition) is 0. The van der Waals surface area contributed by atoms with Crippen molar-refractivity contribution >= 4 is 23.2 Å². The van der Waals surface area contributed by atoms with Crippen molar-refractivity contribution in [2.24, 2.45) is 0 Å². The largest absolute Gasteiger partial charge is 0.479 e. The van der Waals surface area contributed by atoms with Gasteiger partial charge in [-0.15, -0.1) is 0 Å². The molecule has 2 aliphatic heterocycles. The molecule has 2 aromatic carbocycles. The van der Waals surface area contributed by atoms with Gasteiger partial charge in [-0.3, -0.25) is 14.5 Å². The number of nitrogens with zero attached hydrogens (tertiary/aromatic N) is 2. The topological polar surface area (TPSA) is 49.9 Å². The molecular weight excluding hydrogens is 354 g/mol. The number of ether oxygens (including phenoxy) is 1. The summed E-state index contributed by atoms with van der Waals surface area (Å²) >= 11 is 0. The van der Waals surface area contributed by atoms with Gasteiger partial charge in [0.2, 0.25) is 5.91 Å². The van der Waals surface area contributed by atoms with Crippen molar-refractivity contribution in [1.29, 1.82) is 0 Å². The Morgan fingerprint density at radius 2 is 2.04 bits per heavy atom. The molecule has 5 nitrogen and oxygen atoms in total. The molecule has 0 aliphatic carbocycles. The van der Waals surface area contributed by atoms with Crippen LogP contribution >= 0.6 is 0 Å². The molecule has 7 heteroatoms. The van der Waals surface area contributed by atoms with E-state index in [0.717, 1.165) is 6.07 Å². The molecule has 0 unspecified atom stereocenters. The summed E-state index contributed by atoms with van der Waals surface area (Å²) < 4.78 is 33.4. The highest BCUT2D eigenvalue weighted by Gasteiger charge is 2.35. The maximum atomic E-state index is 14.4. The van der Waals surface area contributed by atoms with Gasteiger partial charge in [0, 0.05) is 12.6 Å². The number of carbonyl (C=O) groups is 2. The summed E-state index contributed by atoms with van der Waals surface area (Å²) in [6, 6.07) is 9.01. The normalized spacial score (nSPS) is 18.6. The molecule has 4 rings (SSSR count). The van der Waals surface area contributed by atoms with Crippen molar-refractivity contribution in [2.75, 3.05) is 22.9 Å². The number of aryl methyl sites for hydroxylation is 1. The summed E-state index contributed by atoms with van der Waals surface area (Å²) in [6.45, 7) is 1.71. The molecule has 0 spiro atoms. The van der Waals surface area contributed by atoms with Crippen LogP contribution in [0, 0.1) is 11.6 Å². The summed E-state index contributed by atoms with van der Waals surface area (Å²) in [5.74, 6) is -1.66. The number of carbonyl (C=O) groups excluding carboxylic acids is 2. The first-order chi connectivity index (χ1) is 13.0. The van der Waals surface area contributed by atoms with Crippen molar-refractivity contribution in [3.05, 3.63) is 53.6 Å². The van der Waals surface area contributed by atoms with Crippen LogP contribution < -0.4 is 14.5 Å². The fourth-order valence-corrected chi connectivity index (χ4v) is 3.64. The molecule has 0 N–H and O–H groups in total. The van der Waals surface area contributed by atoms with Gasteiger partial charge in [0.1, 0.15) is 23.9 Å². The minimum atomic E-state index is -0.764. The third-order valence-corrected chi connectivity index (χ3v) is 4.87. The molecule has 2 aliphatic rings. The number of fused-ring (bicyclic) bond motifs is 2. The minimum Gasteiger partial charge on any atom is -0.479 e. The highest BCUT2D eigenvalue weighted by Crippen LogP contribution is 2.35. The lowest BCUT2D eigenvalue weighted by Gasteiger charge is -2.35. The Hall–Kier alpha value is -2.96. The van der Waals surface area contributed by atoms with Crippen LogP contribution in [0.5, 0.6) is 5.75 Å². The first-order valence-electron chi connectivity index (χ1n) is 8.81. The molecule has 0 saturated carbocycles. The van der Waals surface area contributed by atoms with E-state index in [4.69, 9.17) is 4.74 Å². The second-order valence-corrected chi connectivity index (χ2v) is 6.70. The van der Waals surface area contributed by atoms with Crippen molar-refractivity contribution in [3.63, 3.8) is 0 Å². The SMILES string of the molecule is C[C@@H]1Oc2ccccc2N(CC(=O)N2CCCc3cc(F)cc(F)c32)C1=O. The number of para-hydroxylation sites is 2. The Morgan fingerprint density at radius 3 is 2.85 bits per heavy atom. The average molecular weight is 372 g/mol.